The lowest BCUT2D eigenvalue weighted by Crippen LogP contribution is -2.42. The molecule has 1 atom stereocenters. The van der Waals surface area contributed by atoms with Crippen molar-refractivity contribution >= 4 is 11.7 Å². The van der Waals surface area contributed by atoms with Crippen LogP contribution in [-0.4, -0.2) is 43.8 Å². The van der Waals surface area contributed by atoms with Crippen LogP contribution in [0.15, 0.2) is 73.1 Å². The third kappa shape index (κ3) is 5.38. The van der Waals surface area contributed by atoms with E-state index in [1.165, 1.54) is 12.1 Å². The fourth-order valence-electron chi connectivity index (χ4n) is 4.85. The van der Waals surface area contributed by atoms with Crippen LogP contribution >= 0.6 is 0 Å². The predicted octanol–water partition coefficient (Wildman–Crippen LogP) is 6.18. The molecule has 4 aromatic rings. The van der Waals surface area contributed by atoms with Gasteiger partial charge >= 0.3 is 6.03 Å². The number of benzene rings is 2. The van der Waals surface area contributed by atoms with Crippen molar-refractivity contribution < 1.29 is 9.18 Å². The SMILES string of the molecule is CC(C)(C)c1ccccc1NC(=O)N1CCCC(c2cc(-c3ccc(F)cc3)nn2-c2ncccn2)C1. The van der Waals surface area contributed by atoms with Gasteiger partial charge in [-0.05, 0) is 66.3 Å². The van der Waals surface area contributed by atoms with Gasteiger partial charge in [0.2, 0.25) is 0 Å². The maximum Gasteiger partial charge on any atom is 0.321 e. The number of hydrogen-bond acceptors (Lipinski definition) is 4. The Labute approximate surface area is 216 Å². The van der Waals surface area contributed by atoms with Crippen LogP contribution < -0.4 is 5.32 Å². The number of likely N-dealkylation sites (tertiary alicyclic amines) is 1. The number of amides is 2. The Morgan fingerprint density at radius 1 is 1.03 bits per heavy atom. The number of nitrogens with one attached hydrogen (secondary N) is 1. The lowest BCUT2D eigenvalue weighted by molar-refractivity contribution is 0.191. The molecule has 1 N–H and O–H groups in total. The smallest absolute Gasteiger partial charge is 0.321 e. The van der Waals surface area contributed by atoms with Crippen molar-refractivity contribution in [3.05, 3.63) is 90.1 Å². The largest absolute Gasteiger partial charge is 0.324 e. The summed E-state index contributed by atoms with van der Waals surface area (Å²) in [5.74, 6) is 0.214. The standard InChI is InChI=1S/C29H31FN6O/c1-29(2,3)23-9-4-5-10-24(23)33-28(37)35-17-6-8-21(19-35)26-18-25(20-11-13-22(30)14-12-20)34-36(26)27-31-15-7-16-32-27/h4-5,7,9-16,18,21H,6,8,17,19H2,1-3H3,(H,33,37). The maximum absolute atomic E-state index is 13.5. The molecule has 0 spiro atoms. The summed E-state index contributed by atoms with van der Waals surface area (Å²) in [6, 6.07) is 17.9. The summed E-state index contributed by atoms with van der Waals surface area (Å²) in [5.41, 5.74) is 4.29. The molecule has 1 aliphatic rings. The van der Waals surface area contributed by atoms with E-state index in [9.17, 15) is 9.18 Å². The highest BCUT2D eigenvalue weighted by Crippen LogP contribution is 2.33. The van der Waals surface area contributed by atoms with Gasteiger partial charge in [0.05, 0.1) is 11.4 Å². The topological polar surface area (TPSA) is 75.9 Å². The van der Waals surface area contributed by atoms with E-state index >= 15 is 0 Å². The second kappa shape index (κ2) is 10.1. The highest BCUT2D eigenvalue weighted by molar-refractivity contribution is 5.90. The number of aromatic nitrogens is 4. The van der Waals surface area contributed by atoms with Crippen LogP contribution in [0.4, 0.5) is 14.9 Å². The van der Waals surface area contributed by atoms with E-state index in [1.807, 2.05) is 29.2 Å². The van der Waals surface area contributed by atoms with Gasteiger partial charge in [-0.15, -0.1) is 0 Å². The molecule has 1 fully saturated rings. The molecule has 2 aromatic carbocycles. The molecule has 2 aromatic heterocycles. The second-order valence-electron chi connectivity index (χ2n) is 10.4. The van der Waals surface area contributed by atoms with Gasteiger partial charge in [0, 0.05) is 42.7 Å². The molecular weight excluding hydrogens is 467 g/mol. The monoisotopic (exact) mass is 498 g/mol. The van der Waals surface area contributed by atoms with Crippen molar-refractivity contribution in [2.75, 3.05) is 18.4 Å². The van der Waals surface area contributed by atoms with Crippen molar-refractivity contribution in [2.24, 2.45) is 0 Å². The number of rotatable bonds is 4. The van der Waals surface area contributed by atoms with Gasteiger partial charge in [0.1, 0.15) is 5.82 Å². The molecule has 1 unspecified atom stereocenters. The lowest BCUT2D eigenvalue weighted by Gasteiger charge is -2.33. The molecule has 3 heterocycles. The Bertz CT molecular complexity index is 1380. The second-order valence-corrected chi connectivity index (χ2v) is 10.4. The number of carbonyl (C=O) groups excluding carboxylic acids is 1. The van der Waals surface area contributed by atoms with Gasteiger partial charge < -0.3 is 10.2 Å². The molecule has 190 valence electrons. The first-order chi connectivity index (χ1) is 17.8. The first kappa shape index (κ1) is 24.6. The van der Waals surface area contributed by atoms with E-state index < -0.39 is 0 Å². The number of anilines is 1. The predicted molar refractivity (Wildman–Crippen MR) is 142 cm³/mol. The molecule has 8 heteroatoms. The molecule has 37 heavy (non-hydrogen) atoms. The molecule has 0 aliphatic carbocycles. The molecule has 0 saturated carbocycles. The Kier molecular flexibility index (Phi) is 6.74. The van der Waals surface area contributed by atoms with Crippen LogP contribution in [0.3, 0.4) is 0 Å². The molecule has 1 aliphatic heterocycles. The van der Waals surface area contributed by atoms with Crippen LogP contribution in [0.5, 0.6) is 0 Å². The summed E-state index contributed by atoms with van der Waals surface area (Å²) < 4.78 is 15.3. The zero-order valence-corrected chi connectivity index (χ0v) is 21.4. The van der Waals surface area contributed by atoms with Crippen molar-refractivity contribution in [1.82, 2.24) is 24.6 Å². The van der Waals surface area contributed by atoms with Crippen molar-refractivity contribution in [1.29, 1.82) is 0 Å². The van der Waals surface area contributed by atoms with Crippen LogP contribution in [0.2, 0.25) is 0 Å². The molecule has 0 bridgehead atoms. The Morgan fingerprint density at radius 3 is 2.49 bits per heavy atom. The van der Waals surface area contributed by atoms with Crippen molar-refractivity contribution in [3.63, 3.8) is 0 Å². The summed E-state index contributed by atoms with van der Waals surface area (Å²) in [4.78, 5) is 24.0. The molecule has 2 amide bonds. The zero-order valence-electron chi connectivity index (χ0n) is 21.4. The Hall–Kier alpha value is -4.07. The minimum absolute atomic E-state index is 0.0443. The van der Waals surface area contributed by atoms with Gasteiger partial charge in [-0.25, -0.2) is 23.8 Å². The van der Waals surface area contributed by atoms with Crippen molar-refractivity contribution in [3.8, 4) is 17.2 Å². The highest BCUT2D eigenvalue weighted by Gasteiger charge is 2.29. The third-order valence-electron chi connectivity index (χ3n) is 6.72. The zero-order chi connectivity index (χ0) is 26.0. The van der Waals surface area contributed by atoms with Crippen LogP contribution in [0, 0.1) is 5.82 Å². The van der Waals surface area contributed by atoms with E-state index in [1.54, 1.807) is 35.3 Å². The summed E-state index contributed by atoms with van der Waals surface area (Å²) in [7, 11) is 0. The van der Waals surface area contributed by atoms with E-state index in [4.69, 9.17) is 5.10 Å². The summed E-state index contributed by atoms with van der Waals surface area (Å²) in [6.07, 6.45) is 5.13. The van der Waals surface area contributed by atoms with Crippen LogP contribution in [-0.2, 0) is 5.41 Å². The number of piperidine rings is 1. The molecule has 7 nitrogen and oxygen atoms in total. The van der Waals surface area contributed by atoms with Gasteiger partial charge in [0.25, 0.3) is 5.95 Å². The Morgan fingerprint density at radius 2 is 1.76 bits per heavy atom. The molecular formula is C29H31FN6O. The lowest BCUT2D eigenvalue weighted by atomic mass is 9.86. The van der Waals surface area contributed by atoms with E-state index in [0.717, 1.165) is 35.3 Å². The fourth-order valence-corrected chi connectivity index (χ4v) is 4.85. The van der Waals surface area contributed by atoms with Gasteiger partial charge in [-0.2, -0.15) is 5.10 Å². The summed E-state index contributed by atoms with van der Waals surface area (Å²) in [5, 5.41) is 7.93. The van der Waals surface area contributed by atoms with Crippen LogP contribution in [0.1, 0.15) is 50.8 Å². The number of urea groups is 1. The molecule has 1 saturated heterocycles. The number of para-hydroxylation sites is 1. The van der Waals surface area contributed by atoms with Gasteiger partial charge in [-0.3, -0.25) is 0 Å². The van der Waals surface area contributed by atoms with E-state index in [-0.39, 0.29) is 23.2 Å². The molecule has 0 radical (unpaired) electrons. The fraction of sp³-hybridized carbons (Fsp3) is 0.310. The van der Waals surface area contributed by atoms with Crippen LogP contribution in [0.25, 0.3) is 17.2 Å². The first-order valence-electron chi connectivity index (χ1n) is 12.6. The normalized spacial score (nSPS) is 16.0. The van der Waals surface area contributed by atoms with Gasteiger partial charge in [0.15, 0.2) is 0 Å². The van der Waals surface area contributed by atoms with Crippen molar-refractivity contribution in [2.45, 2.75) is 44.9 Å². The van der Waals surface area contributed by atoms with E-state index in [0.29, 0.717) is 24.7 Å². The van der Waals surface area contributed by atoms with E-state index in [2.05, 4.69) is 42.1 Å². The highest BCUT2D eigenvalue weighted by atomic mass is 19.1. The minimum Gasteiger partial charge on any atom is -0.324 e. The first-order valence-corrected chi connectivity index (χ1v) is 12.6. The summed E-state index contributed by atoms with van der Waals surface area (Å²) in [6.45, 7) is 7.65. The number of hydrogen-bond donors (Lipinski definition) is 1. The maximum atomic E-state index is 13.5. The Balaban J connectivity index is 1.43. The molecule has 5 rings (SSSR count). The number of carbonyl (C=O) groups is 1. The number of nitrogens with zero attached hydrogens (tertiary/aromatic N) is 5. The average Bonchev–Trinajstić information content (AvgIpc) is 3.35. The number of halogens is 1. The minimum atomic E-state index is -0.295. The summed E-state index contributed by atoms with van der Waals surface area (Å²) >= 11 is 0. The average molecular weight is 499 g/mol. The quantitative estimate of drug-likeness (QED) is 0.365. The van der Waals surface area contributed by atoms with Gasteiger partial charge in [-0.1, -0.05) is 39.0 Å². The third-order valence-corrected chi connectivity index (χ3v) is 6.72.